The fraction of sp³-hybridized carbons (Fsp3) is 0.333. The van der Waals surface area contributed by atoms with Crippen LogP contribution in [-0.2, 0) is 16.0 Å². The lowest BCUT2D eigenvalue weighted by Gasteiger charge is -2.23. The Kier molecular flexibility index (Phi) is 9.57. The number of carbonyl (C=O) groups is 2. The van der Waals surface area contributed by atoms with Gasteiger partial charge in [-0.3, -0.25) is 0 Å². The Hall–Kier alpha value is -2.64. The highest BCUT2D eigenvalue weighted by atomic mass is 35.5. The Labute approximate surface area is 185 Å². The number of ether oxygens (including phenoxy) is 2. The van der Waals surface area contributed by atoms with Crippen molar-refractivity contribution in [3.63, 3.8) is 0 Å². The third kappa shape index (κ3) is 7.31. The average molecular weight is 455 g/mol. The van der Waals surface area contributed by atoms with Crippen molar-refractivity contribution in [3.05, 3.63) is 54.1 Å². The lowest BCUT2D eigenvalue weighted by Crippen LogP contribution is -2.44. The third-order valence-corrected chi connectivity index (χ3v) is 4.61. The van der Waals surface area contributed by atoms with Gasteiger partial charge in [-0.2, -0.15) is 0 Å². The van der Waals surface area contributed by atoms with Gasteiger partial charge >= 0.3 is 12.1 Å². The van der Waals surface area contributed by atoms with Crippen molar-refractivity contribution in [1.29, 1.82) is 0 Å². The van der Waals surface area contributed by atoms with Crippen LogP contribution >= 0.6 is 23.2 Å². The molecule has 0 saturated carbocycles. The first-order valence-electron chi connectivity index (χ1n) is 9.27. The Bertz CT molecular complexity index is 809. The molecule has 0 aliphatic carbocycles. The number of nitrogens with one attached hydrogen (secondary N) is 1. The predicted molar refractivity (Wildman–Crippen MR) is 117 cm³/mol. The van der Waals surface area contributed by atoms with E-state index in [0.717, 1.165) is 11.3 Å². The van der Waals surface area contributed by atoms with Crippen LogP contribution in [0.3, 0.4) is 0 Å². The SMILES string of the molecule is COC(=O)[C@H](Cc1ccc(O)cc1)NC(=O)Oc1ccc(N(CCCl)CCCl)cc1. The second kappa shape index (κ2) is 12.1. The maximum atomic E-state index is 12.3. The number of esters is 1. The van der Waals surface area contributed by atoms with Gasteiger partial charge in [0, 0.05) is 37.0 Å². The molecule has 0 saturated heterocycles. The number of benzene rings is 2. The molecule has 0 fully saturated rings. The summed E-state index contributed by atoms with van der Waals surface area (Å²) in [5.41, 5.74) is 1.65. The fourth-order valence-electron chi connectivity index (χ4n) is 2.78. The second-order valence-electron chi connectivity index (χ2n) is 6.34. The van der Waals surface area contributed by atoms with Crippen LogP contribution in [0.2, 0.25) is 0 Å². The molecule has 1 amide bonds. The van der Waals surface area contributed by atoms with E-state index in [2.05, 4.69) is 5.32 Å². The van der Waals surface area contributed by atoms with Crippen molar-refractivity contribution in [2.24, 2.45) is 0 Å². The molecule has 0 spiro atoms. The quantitative estimate of drug-likeness (QED) is 0.421. The van der Waals surface area contributed by atoms with Crippen LogP contribution in [0.25, 0.3) is 0 Å². The largest absolute Gasteiger partial charge is 0.508 e. The zero-order chi connectivity index (χ0) is 21.9. The van der Waals surface area contributed by atoms with Crippen molar-refractivity contribution >= 4 is 41.0 Å². The van der Waals surface area contributed by atoms with Crippen molar-refractivity contribution in [2.75, 3.05) is 36.9 Å². The number of halogens is 2. The maximum Gasteiger partial charge on any atom is 0.413 e. The van der Waals surface area contributed by atoms with Crippen molar-refractivity contribution in [1.82, 2.24) is 5.32 Å². The highest BCUT2D eigenvalue weighted by molar-refractivity contribution is 6.18. The molecule has 30 heavy (non-hydrogen) atoms. The van der Waals surface area contributed by atoms with Gasteiger partial charge in [-0.25, -0.2) is 9.59 Å². The van der Waals surface area contributed by atoms with Gasteiger partial charge in [0.25, 0.3) is 0 Å². The summed E-state index contributed by atoms with van der Waals surface area (Å²) < 4.78 is 10.0. The second-order valence-corrected chi connectivity index (χ2v) is 7.10. The van der Waals surface area contributed by atoms with Gasteiger partial charge in [0.15, 0.2) is 0 Å². The predicted octanol–water partition coefficient (Wildman–Crippen LogP) is 3.55. The molecular weight excluding hydrogens is 431 g/mol. The molecular formula is C21H24Cl2N2O5. The molecule has 9 heteroatoms. The summed E-state index contributed by atoms with van der Waals surface area (Å²) in [7, 11) is 1.24. The summed E-state index contributed by atoms with van der Waals surface area (Å²) in [5, 5.41) is 11.9. The summed E-state index contributed by atoms with van der Waals surface area (Å²) >= 11 is 11.6. The van der Waals surface area contributed by atoms with Crippen LogP contribution < -0.4 is 15.0 Å². The topological polar surface area (TPSA) is 88.1 Å². The summed E-state index contributed by atoms with van der Waals surface area (Å²) in [4.78, 5) is 26.4. The standard InChI is InChI=1S/C21H24Cl2N2O5/c1-29-20(27)19(14-15-2-6-17(26)7-3-15)24-21(28)30-18-8-4-16(5-9-18)25(12-10-22)13-11-23/h2-9,19,26H,10-14H2,1H3,(H,24,28)/t19-/m0/s1. The molecule has 2 rings (SSSR count). The summed E-state index contributed by atoms with van der Waals surface area (Å²) in [6.07, 6.45) is -0.595. The smallest absolute Gasteiger partial charge is 0.413 e. The number of amides is 1. The van der Waals surface area contributed by atoms with E-state index in [-0.39, 0.29) is 12.2 Å². The van der Waals surface area contributed by atoms with Gasteiger partial charge in [0.05, 0.1) is 7.11 Å². The van der Waals surface area contributed by atoms with Crippen LogP contribution in [0.5, 0.6) is 11.5 Å². The molecule has 0 unspecified atom stereocenters. The summed E-state index contributed by atoms with van der Waals surface area (Å²) in [6.45, 7) is 1.29. The molecule has 1 atom stereocenters. The monoisotopic (exact) mass is 454 g/mol. The molecule has 2 aromatic carbocycles. The lowest BCUT2D eigenvalue weighted by atomic mass is 10.1. The van der Waals surface area contributed by atoms with E-state index in [1.807, 2.05) is 4.90 Å². The van der Waals surface area contributed by atoms with E-state index in [0.29, 0.717) is 30.6 Å². The first-order chi connectivity index (χ1) is 14.5. The normalized spacial score (nSPS) is 11.4. The molecule has 0 bridgehead atoms. The van der Waals surface area contributed by atoms with E-state index < -0.39 is 18.1 Å². The number of aromatic hydroxyl groups is 1. The Morgan fingerprint density at radius 3 is 2.17 bits per heavy atom. The summed E-state index contributed by atoms with van der Waals surface area (Å²) in [6, 6.07) is 12.3. The molecule has 162 valence electrons. The number of hydrogen-bond donors (Lipinski definition) is 2. The number of phenols is 1. The first kappa shape index (κ1) is 23.6. The molecule has 0 heterocycles. The minimum atomic E-state index is -0.936. The lowest BCUT2D eigenvalue weighted by molar-refractivity contribution is -0.142. The molecule has 2 N–H and O–H groups in total. The Balaban J connectivity index is 2.00. The van der Waals surface area contributed by atoms with Crippen LogP contribution in [-0.4, -0.2) is 55.2 Å². The minimum absolute atomic E-state index is 0.111. The van der Waals surface area contributed by atoms with E-state index in [1.54, 1.807) is 36.4 Å². The number of rotatable bonds is 10. The molecule has 0 aliphatic rings. The van der Waals surface area contributed by atoms with E-state index >= 15 is 0 Å². The van der Waals surface area contributed by atoms with E-state index in [9.17, 15) is 14.7 Å². The number of carbonyl (C=O) groups excluding carboxylic acids is 2. The molecule has 0 aliphatic heterocycles. The molecule has 7 nitrogen and oxygen atoms in total. The number of anilines is 1. The van der Waals surface area contributed by atoms with Gasteiger partial charge in [-0.15, -0.1) is 23.2 Å². The molecule has 2 aromatic rings. The van der Waals surface area contributed by atoms with Crippen molar-refractivity contribution in [2.45, 2.75) is 12.5 Å². The number of nitrogens with zero attached hydrogens (tertiary/aromatic N) is 1. The van der Waals surface area contributed by atoms with Crippen LogP contribution in [0.1, 0.15) is 5.56 Å². The van der Waals surface area contributed by atoms with Gasteiger partial charge < -0.3 is 24.8 Å². The number of methoxy groups -OCH3 is 1. The van der Waals surface area contributed by atoms with Gasteiger partial charge in [0.2, 0.25) is 0 Å². The summed E-state index contributed by atoms with van der Waals surface area (Å²) in [5.74, 6) is 0.760. The number of phenolic OH excluding ortho intramolecular Hbond substituents is 1. The minimum Gasteiger partial charge on any atom is -0.508 e. The molecule has 0 aromatic heterocycles. The third-order valence-electron chi connectivity index (χ3n) is 4.28. The van der Waals surface area contributed by atoms with E-state index in [1.165, 1.54) is 19.2 Å². The number of alkyl halides is 2. The highest BCUT2D eigenvalue weighted by Crippen LogP contribution is 2.20. The van der Waals surface area contributed by atoms with E-state index in [4.69, 9.17) is 32.7 Å². The van der Waals surface area contributed by atoms with Crippen molar-refractivity contribution < 1.29 is 24.2 Å². The maximum absolute atomic E-state index is 12.3. The van der Waals surface area contributed by atoms with Crippen LogP contribution in [0.4, 0.5) is 10.5 Å². The molecule has 0 radical (unpaired) electrons. The Morgan fingerprint density at radius 1 is 1.03 bits per heavy atom. The zero-order valence-electron chi connectivity index (χ0n) is 16.5. The Morgan fingerprint density at radius 2 is 1.63 bits per heavy atom. The fourth-order valence-corrected chi connectivity index (χ4v) is 3.19. The first-order valence-corrected chi connectivity index (χ1v) is 10.3. The van der Waals surface area contributed by atoms with Gasteiger partial charge in [-0.05, 0) is 42.0 Å². The van der Waals surface area contributed by atoms with Gasteiger partial charge in [-0.1, -0.05) is 12.1 Å². The van der Waals surface area contributed by atoms with Crippen LogP contribution in [0.15, 0.2) is 48.5 Å². The average Bonchev–Trinajstić information content (AvgIpc) is 2.74. The highest BCUT2D eigenvalue weighted by Gasteiger charge is 2.23. The van der Waals surface area contributed by atoms with Crippen molar-refractivity contribution in [3.8, 4) is 11.5 Å². The van der Waals surface area contributed by atoms with Gasteiger partial charge in [0.1, 0.15) is 17.5 Å². The number of hydrogen-bond acceptors (Lipinski definition) is 6. The van der Waals surface area contributed by atoms with Crippen LogP contribution in [0, 0.1) is 0 Å². The zero-order valence-corrected chi connectivity index (χ0v) is 18.0.